The molecule has 12 heteroatoms. The van der Waals surface area contributed by atoms with Crippen LogP contribution in [-0.2, 0) is 39.8 Å². The number of aliphatic carboxylic acids is 2. The summed E-state index contributed by atoms with van der Waals surface area (Å²) < 4.78 is 22.0. The highest BCUT2D eigenvalue weighted by Gasteiger charge is 2.33. The molecule has 3 atom stereocenters. The van der Waals surface area contributed by atoms with Crippen LogP contribution in [0.3, 0.4) is 0 Å². The minimum atomic E-state index is -0.833. The van der Waals surface area contributed by atoms with Gasteiger partial charge in [0.2, 0.25) is 0 Å². The summed E-state index contributed by atoms with van der Waals surface area (Å²) in [5.41, 5.74) is 3.41. The van der Waals surface area contributed by atoms with Crippen LogP contribution >= 0.6 is 24.0 Å². The van der Waals surface area contributed by atoms with E-state index < -0.39 is 11.9 Å². The number of nitrogens with zero attached hydrogens (tertiary/aromatic N) is 1. The molecule has 41 heavy (non-hydrogen) atoms. The van der Waals surface area contributed by atoms with Gasteiger partial charge in [-0.2, -0.15) is 5.26 Å². The molecule has 2 aromatic carbocycles. The molecule has 0 spiro atoms. The number of nitriles is 1. The third-order valence-electron chi connectivity index (χ3n) is 5.34. The summed E-state index contributed by atoms with van der Waals surface area (Å²) in [5, 5.41) is 24.4. The summed E-state index contributed by atoms with van der Waals surface area (Å²) in [5.74, 6) is -1.64. The molecule has 11 nitrogen and oxygen atoms in total. The van der Waals surface area contributed by atoms with Crippen LogP contribution < -0.4 is 4.74 Å². The van der Waals surface area contributed by atoms with Gasteiger partial charge < -0.3 is 29.2 Å². The number of carbonyl (C=O) groups is 4. The highest BCUT2D eigenvalue weighted by atomic mass is 127. The van der Waals surface area contributed by atoms with Crippen molar-refractivity contribution in [1.29, 1.82) is 5.26 Å². The maximum atomic E-state index is 11.5. The van der Waals surface area contributed by atoms with Crippen LogP contribution in [0.5, 0.6) is 5.75 Å². The number of carbonyl (C=O) groups excluding carboxylic acids is 2. The van der Waals surface area contributed by atoms with E-state index in [1.54, 1.807) is 13.2 Å². The van der Waals surface area contributed by atoms with E-state index >= 15 is 0 Å². The average molecular weight is 686 g/mol. The lowest BCUT2D eigenvalue weighted by Gasteiger charge is -2.35. The number of carboxylic acid groups (broad SMARTS) is 2. The predicted octanol–water partition coefficient (Wildman–Crippen LogP) is 4.67. The van der Waals surface area contributed by atoms with Crippen molar-refractivity contribution in [1.82, 2.24) is 0 Å². The molecule has 0 bridgehead atoms. The Hall–Kier alpha value is -3.70. The smallest absolute Gasteiger partial charge is 0.302 e. The molecule has 2 N–H and O–H groups in total. The van der Waals surface area contributed by atoms with Crippen LogP contribution in [0.4, 0.5) is 0 Å². The number of methoxy groups -OCH3 is 1. The van der Waals surface area contributed by atoms with Gasteiger partial charge in [-0.05, 0) is 41.3 Å². The van der Waals surface area contributed by atoms with Gasteiger partial charge in [-0.1, -0.05) is 24.3 Å². The molecule has 0 aliphatic carbocycles. The van der Waals surface area contributed by atoms with Gasteiger partial charge in [-0.3, -0.25) is 19.2 Å². The molecule has 0 radical (unpaired) electrons. The van der Waals surface area contributed by atoms with Gasteiger partial charge >= 0.3 is 11.9 Å². The third-order valence-corrected chi connectivity index (χ3v) is 5.34. The Bertz CT molecular complexity index is 1170. The van der Waals surface area contributed by atoms with E-state index in [4.69, 9.17) is 38.7 Å². The Morgan fingerprint density at radius 2 is 1.54 bits per heavy atom. The molecule has 1 heterocycles. The molecule has 1 fully saturated rings. The summed E-state index contributed by atoms with van der Waals surface area (Å²) in [4.78, 5) is 40.7. The molecular weight excluding hydrogens is 649 g/mol. The van der Waals surface area contributed by atoms with Gasteiger partial charge in [0.1, 0.15) is 18.5 Å². The van der Waals surface area contributed by atoms with Crippen LogP contribution in [0, 0.1) is 11.3 Å². The van der Waals surface area contributed by atoms with Crippen molar-refractivity contribution in [3.63, 3.8) is 0 Å². The fourth-order valence-corrected chi connectivity index (χ4v) is 3.87. The van der Waals surface area contributed by atoms with Crippen LogP contribution in [0.1, 0.15) is 68.9 Å². The van der Waals surface area contributed by atoms with Crippen molar-refractivity contribution in [3.05, 3.63) is 64.7 Å². The van der Waals surface area contributed by atoms with Gasteiger partial charge in [0.25, 0.3) is 11.9 Å². The molecule has 0 aromatic heterocycles. The van der Waals surface area contributed by atoms with E-state index in [0.29, 0.717) is 24.8 Å². The Labute approximate surface area is 256 Å². The minimum Gasteiger partial charge on any atom is -0.497 e. The first-order valence-corrected chi connectivity index (χ1v) is 12.4. The second kappa shape index (κ2) is 19.4. The first-order valence-electron chi connectivity index (χ1n) is 12.4. The monoisotopic (exact) mass is 685 g/mol. The highest BCUT2D eigenvalue weighted by Crippen LogP contribution is 2.34. The second-order valence-electron chi connectivity index (χ2n) is 8.84. The summed E-state index contributed by atoms with van der Waals surface area (Å²) >= 11 is 0. The number of hydrogen-bond acceptors (Lipinski definition) is 9. The van der Waals surface area contributed by atoms with Crippen molar-refractivity contribution in [3.8, 4) is 11.8 Å². The summed E-state index contributed by atoms with van der Waals surface area (Å²) in [6.45, 7) is 4.98. The van der Waals surface area contributed by atoms with Gasteiger partial charge in [0.05, 0.1) is 31.0 Å². The van der Waals surface area contributed by atoms with Crippen LogP contribution in [-0.4, -0.2) is 60.0 Å². The summed E-state index contributed by atoms with van der Waals surface area (Å²) in [6.07, 6.45) is 0.450. The summed E-state index contributed by atoms with van der Waals surface area (Å²) in [6, 6.07) is 15.6. The van der Waals surface area contributed by atoms with Gasteiger partial charge in [-0.25, -0.2) is 0 Å². The van der Waals surface area contributed by atoms with Crippen LogP contribution in [0.2, 0.25) is 0 Å². The van der Waals surface area contributed by atoms with Crippen molar-refractivity contribution in [2.24, 2.45) is 0 Å². The lowest BCUT2D eigenvalue weighted by atomic mass is 9.92. The van der Waals surface area contributed by atoms with E-state index in [0.717, 1.165) is 36.3 Å². The molecule has 1 aliphatic rings. The lowest BCUT2D eigenvalue weighted by Crippen LogP contribution is -2.36. The highest BCUT2D eigenvalue weighted by molar-refractivity contribution is 14.0. The quantitative estimate of drug-likeness (QED) is 0.307. The Morgan fingerprint density at radius 3 is 2.02 bits per heavy atom. The maximum Gasteiger partial charge on any atom is 0.302 e. The largest absolute Gasteiger partial charge is 0.497 e. The minimum absolute atomic E-state index is 0. The number of benzene rings is 2. The number of ether oxygens (including phenoxy) is 4. The zero-order valence-electron chi connectivity index (χ0n) is 23.6. The fraction of sp³-hybridized carbons (Fsp3) is 0.414. The van der Waals surface area contributed by atoms with Crippen LogP contribution in [0.15, 0.2) is 42.5 Å². The van der Waals surface area contributed by atoms with Crippen molar-refractivity contribution in [2.45, 2.75) is 65.3 Å². The molecule has 0 saturated carbocycles. The molecule has 2 aromatic rings. The molecular formula is C29H36INO10. The van der Waals surface area contributed by atoms with E-state index in [1.807, 2.05) is 36.4 Å². The normalized spacial score (nSPS) is 16.9. The molecule has 0 amide bonds. The zero-order chi connectivity index (χ0) is 30.2. The fourth-order valence-electron chi connectivity index (χ4n) is 3.87. The number of esters is 2. The van der Waals surface area contributed by atoms with E-state index in [-0.39, 0.29) is 60.8 Å². The molecule has 1 saturated heterocycles. The van der Waals surface area contributed by atoms with E-state index in [9.17, 15) is 14.9 Å². The SMILES string of the molecule is CC(=O)O.CC(=O)O.COc1ccc(Cc2cc([C@H]3C[C@@H](OC(C)=O)C[C@@H](COC(C)=O)O3)ccc2C#N)cc1.I. The van der Waals surface area contributed by atoms with E-state index in [1.165, 1.54) is 13.8 Å². The molecule has 1 aliphatic heterocycles. The maximum absolute atomic E-state index is 11.5. The predicted molar refractivity (Wildman–Crippen MR) is 158 cm³/mol. The molecule has 0 unspecified atom stereocenters. The topological polar surface area (TPSA) is 169 Å². The van der Waals surface area contributed by atoms with Crippen molar-refractivity contribution >= 4 is 47.9 Å². The van der Waals surface area contributed by atoms with Crippen molar-refractivity contribution in [2.75, 3.05) is 13.7 Å². The zero-order valence-corrected chi connectivity index (χ0v) is 25.9. The van der Waals surface area contributed by atoms with Gasteiger partial charge in [-0.15, -0.1) is 24.0 Å². The Balaban J connectivity index is 0.00000158. The Morgan fingerprint density at radius 1 is 0.951 bits per heavy atom. The number of halogens is 1. The average Bonchev–Trinajstić information content (AvgIpc) is 2.87. The second-order valence-corrected chi connectivity index (χ2v) is 8.84. The van der Waals surface area contributed by atoms with Gasteiger partial charge in [0.15, 0.2) is 0 Å². The molecule has 224 valence electrons. The van der Waals surface area contributed by atoms with Gasteiger partial charge in [0, 0.05) is 40.5 Å². The first kappa shape index (κ1) is 37.3. The standard InChI is InChI=1S/C25H27NO6.2C2H4O2.HI/c1-16(27)30-15-24-12-23(31-17(2)28)13-25(32-24)19-6-7-20(14-26)21(11-19)10-18-4-8-22(29-3)9-5-18;2*1-2(3)4;/h4-9,11,23-25H,10,12-13,15H2,1-3H3;2*1H3,(H,3,4);1H/t23-,24-,25+;;;/m0.../s1. The molecule has 3 rings (SSSR count). The Kier molecular flexibility index (Phi) is 17.6. The summed E-state index contributed by atoms with van der Waals surface area (Å²) in [7, 11) is 1.62. The number of hydrogen-bond donors (Lipinski definition) is 2. The van der Waals surface area contributed by atoms with Crippen molar-refractivity contribution < 1.29 is 48.3 Å². The van der Waals surface area contributed by atoms with Crippen LogP contribution in [0.25, 0.3) is 0 Å². The van der Waals surface area contributed by atoms with E-state index in [2.05, 4.69) is 6.07 Å². The number of carboxylic acids is 2. The first-order chi connectivity index (χ1) is 18.8. The number of rotatable bonds is 7. The third kappa shape index (κ3) is 15.6. The lowest BCUT2D eigenvalue weighted by molar-refractivity contribution is -0.169.